The van der Waals surface area contributed by atoms with Gasteiger partial charge in [-0.05, 0) is 31.6 Å². The van der Waals surface area contributed by atoms with Crippen molar-refractivity contribution in [2.24, 2.45) is 5.92 Å². The standard InChI is InChI=1S/C15H30O/c1-3-4-5-6-7-11-15(16)12-8-9-14(2)10-13-15/h14,16H,3-13H2,1-2H3. The molecule has 1 nitrogen and oxygen atoms in total. The zero-order chi connectivity index (χ0) is 11.9. The molecule has 0 saturated heterocycles. The molecular weight excluding hydrogens is 196 g/mol. The first kappa shape index (κ1) is 14.0. The van der Waals surface area contributed by atoms with Crippen molar-refractivity contribution < 1.29 is 5.11 Å². The molecule has 2 unspecified atom stereocenters. The van der Waals surface area contributed by atoms with Crippen LogP contribution in [0.3, 0.4) is 0 Å². The molecular formula is C15H30O. The maximum absolute atomic E-state index is 10.5. The van der Waals surface area contributed by atoms with Gasteiger partial charge in [-0.25, -0.2) is 0 Å². The minimum atomic E-state index is -0.309. The topological polar surface area (TPSA) is 20.2 Å². The highest BCUT2D eigenvalue weighted by molar-refractivity contribution is 4.82. The second-order valence-electron chi connectivity index (χ2n) is 5.92. The lowest BCUT2D eigenvalue weighted by Crippen LogP contribution is -2.27. The SMILES string of the molecule is CCCCCCCC1(O)CCCC(C)CC1. The molecule has 0 heterocycles. The maximum atomic E-state index is 10.5. The molecule has 0 amide bonds. The summed E-state index contributed by atoms with van der Waals surface area (Å²) < 4.78 is 0. The van der Waals surface area contributed by atoms with Crippen LogP contribution in [-0.2, 0) is 0 Å². The summed E-state index contributed by atoms with van der Waals surface area (Å²) in [6, 6.07) is 0. The number of rotatable bonds is 6. The first-order valence-electron chi connectivity index (χ1n) is 7.39. The van der Waals surface area contributed by atoms with Crippen LogP contribution in [0.5, 0.6) is 0 Å². The molecule has 16 heavy (non-hydrogen) atoms. The van der Waals surface area contributed by atoms with Crippen LogP contribution in [0.25, 0.3) is 0 Å². The number of hydrogen-bond acceptors (Lipinski definition) is 1. The largest absolute Gasteiger partial charge is 0.390 e. The van der Waals surface area contributed by atoms with Gasteiger partial charge in [0.2, 0.25) is 0 Å². The lowest BCUT2D eigenvalue weighted by molar-refractivity contribution is 0.0132. The van der Waals surface area contributed by atoms with Crippen molar-refractivity contribution in [3.8, 4) is 0 Å². The third-order valence-corrected chi connectivity index (χ3v) is 4.19. The van der Waals surface area contributed by atoms with E-state index in [9.17, 15) is 5.11 Å². The molecule has 96 valence electrons. The van der Waals surface area contributed by atoms with Gasteiger partial charge in [0.15, 0.2) is 0 Å². The fraction of sp³-hybridized carbons (Fsp3) is 1.00. The average molecular weight is 226 g/mol. The summed E-state index contributed by atoms with van der Waals surface area (Å²) in [5, 5.41) is 10.5. The van der Waals surface area contributed by atoms with Crippen molar-refractivity contribution in [2.45, 2.75) is 90.1 Å². The first-order valence-corrected chi connectivity index (χ1v) is 7.39. The highest BCUT2D eigenvalue weighted by Crippen LogP contribution is 2.33. The Morgan fingerprint density at radius 2 is 1.81 bits per heavy atom. The van der Waals surface area contributed by atoms with Crippen LogP contribution in [0.4, 0.5) is 0 Å². The number of aliphatic hydroxyl groups is 1. The van der Waals surface area contributed by atoms with E-state index in [2.05, 4.69) is 13.8 Å². The van der Waals surface area contributed by atoms with Crippen LogP contribution in [-0.4, -0.2) is 10.7 Å². The Morgan fingerprint density at radius 1 is 1.06 bits per heavy atom. The van der Waals surface area contributed by atoms with Gasteiger partial charge in [0, 0.05) is 0 Å². The monoisotopic (exact) mass is 226 g/mol. The highest BCUT2D eigenvalue weighted by Gasteiger charge is 2.28. The Morgan fingerprint density at radius 3 is 2.56 bits per heavy atom. The lowest BCUT2D eigenvalue weighted by atomic mass is 9.88. The summed E-state index contributed by atoms with van der Waals surface area (Å²) in [7, 11) is 0. The molecule has 0 spiro atoms. The minimum absolute atomic E-state index is 0.309. The molecule has 2 atom stereocenters. The van der Waals surface area contributed by atoms with Crippen molar-refractivity contribution >= 4 is 0 Å². The van der Waals surface area contributed by atoms with Gasteiger partial charge < -0.3 is 5.11 Å². The minimum Gasteiger partial charge on any atom is -0.390 e. The summed E-state index contributed by atoms with van der Waals surface area (Å²) in [6.07, 6.45) is 13.5. The van der Waals surface area contributed by atoms with Crippen molar-refractivity contribution in [3.63, 3.8) is 0 Å². The van der Waals surface area contributed by atoms with E-state index < -0.39 is 0 Å². The van der Waals surface area contributed by atoms with E-state index in [1.165, 1.54) is 51.4 Å². The average Bonchev–Trinajstić information content (AvgIpc) is 2.42. The van der Waals surface area contributed by atoms with Crippen molar-refractivity contribution in [2.75, 3.05) is 0 Å². The van der Waals surface area contributed by atoms with E-state index in [0.29, 0.717) is 0 Å². The Balaban J connectivity index is 2.17. The van der Waals surface area contributed by atoms with Crippen LogP contribution in [0.15, 0.2) is 0 Å². The molecule has 0 aromatic carbocycles. The molecule has 0 radical (unpaired) electrons. The molecule has 1 rings (SSSR count). The van der Waals surface area contributed by atoms with Crippen LogP contribution in [0.2, 0.25) is 0 Å². The normalized spacial score (nSPS) is 31.3. The van der Waals surface area contributed by atoms with Crippen LogP contribution >= 0.6 is 0 Å². The predicted molar refractivity (Wildman–Crippen MR) is 70.6 cm³/mol. The summed E-state index contributed by atoms with van der Waals surface area (Å²) >= 11 is 0. The van der Waals surface area contributed by atoms with Crippen LogP contribution in [0, 0.1) is 5.92 Å². The third-order valence-electron chi connectivity index (χ3n) is 4.19. The van der Waals surface area contributed by atoms with Crippen LogP contribution in [0.1, 0.15) is 84.5 Å². The van der Waals surface area contributed by atoms with Gasteiger partial charge in [0.1, 0.15) is 0 Å². The Labute approximate surface area is 102 Å². The third kappa shape index (κ3) is 5.34. The van der Waals surface area contributed by atoms with Gasteiger partial charge in [0.25, 0.3) is 0 Å². The Bertz CT molecular complexity index is 178. The van der Waals surface area contributed by atoms with Gasteiger partial charge in [-0.2, -0.15) is 0 Å². The molecule has 1 aliphatic carbocycles. The molecule has 1 fully saturated rings. The summed E-state index contributed by atoms with van der Waals surface area (Å²) in [4.78, 5) is 0. The molecule has 1 heteroatoms. The summed E-state index contributed by atoms with van der Waals surface area (Å²) in [5.74, 6) is 0.828. The van der Waals surface area contributed by atoms with Gasteiger partial charge >= 0.3 is 0 Å². The molecule has 1 saturated carbocycles. The zero-order valence-electron chi connectivity index (χ0n) is 11.3. The smallest absolute Gasteiger partial charge is 0.0648 e. The molecule has 0 aromatic heterocycles. The summed E-state index contributed by atoms with van der Waals surface area (Å²) in [5.41, 5.74) is -0.309. The van der Waals surface area contributed by atoms with E-state index in [1.54, 1.807) is 0 Å². The van der Waals surface area contributed by atoms with E-state index >= 15 is 0 Å². The first-order chi connectivity index (χ1) is 7.66. The molecule has 0 aromatic rings. The lowest BCUT2D eigenvalue weighted by Gasteiger charge is -2.26. The quantitative estimate of drug-likeness (QED) is 0.515. The zero-order valence-corrected chi connectivity index (χ0v) is 11.3. The van der Waals surface area contributed by atoms with Gasteiger partial charge in [-0.1, -0.05) is 58.8 Å². The van der Waals surface area contributed by atoms with Gasteiger partial charge in [0.05, 0.1) is 5.60 Å². The van der Waals surface area contributed by atoms with Crippen molar-refractivity contribution in [3.05, 3.63) is 0 Å². The van der Waals surface area contributed by atoms with Crippen LogP contribution < -0.4 is 0 Å². The van der Waals surface area contributed by atoms with E-state index in [0.717, 1.165) is 25.2 Å². The van der Waals surface area contributed by atoms with E-state index in [1.807, 2.05) is 0 Å². The summed E-state index contributed by atoms with van der Waals surface area (Å²) in [6.45, 7) is 4.58. The number of hydrogen-bond donors (Lipinski definition) is 1. The molecule has 1 N–H and O–H groups in total. The highest BCUT2D eigenvalue weighted by atomic mass is 16.3. The molecule has 1 aliphatic rings. The fourth-order valence-corrected chi connectivity index (χ4v) is 2.87. The van der Waals surface area contributed by atoms with E-state index in [4.69, 9.17) is 0 Å². The maximum Gasteiger partial charge on any atom is 0.0648 e. The second kappa shape index (κ2) is 7.32. The Kier molecular flexibility index (Phi) is 6.41. The van der Waals surface area contributed by atoms with E-state index in [-0.39, 0.29) is 5.60 Å². The van der Waals surface area contributed by atoms with Gasteiger partial charge in [-0.15, -0.1) is 0 Å². The van der Waals surface area contributed by atoms with Gasteiger partial charge in [-0.3, -0.25) is 0 Å². The second-order valence-corrected chi connectivity index (χ2v) is 5.92. The fourth-order valence-electron chi connectivity index (χ4n) is 2.87. The van der Waals surface area contributed by atoms with Crippen molar-refractivity contribution in [1.82, 2.24) is 0 Å². The van der Waals surface area contributed by atoms with Crippen molar-refractivity contribution in [1.29, 1.82) is 0 Å². The molecule has 0 bridgehead atoms. The number of unbranched alkanes of at least 4 members (excludes halogenated alkanes) is 4. The molecule has 0 aliphatic heterocycles. The Hall–Kier alpha value is -0.0400. The predicted octanol–water partition coefficient (Wildman–Crippen LogP) is 4.68.